The number of carbonyl (C=O) groups is 2. The minimum absolute atomic E-state index is 0. The molecule has 1 saturated heterocycles. The third-order valence-corrected chi connectivity index (χ3v) is 8.17. The van der Waals surface area contributed by atoms with Crippen LogP contribution in [0.2, 0.25) is 0 Å². The summed E-state index contributed by atoms with van der Waals surface area (Å²) in [5.41, 5.74) is 7.85. The molecule has 2 aromatic rings. The van der Waals surface area contributed by atoms with Gasteiger partial charge in [-0.1, -0.05) is 0 Å². The van der Waals surface area contributed by atoms with Crippen LogP contribution in [0.25, 0.3) is 0 Å². The number of phenols is 1. The van der Waals surface area contributed by atoms with Crippen molar-refractivity contribution in [2.75, 3.05) is 60.3 Å². The molecule has 2 heterocycles. The van der Waals surface area contributed by atoms with Crippen molar-refractivity contribution >= 4 is 24.3 Å². The average molecular weight is 621 g/mol. The van der Waals surface area contributed by atoms with Crippen molar-refractivity contribution in [1.29, 1.82) is 0 Å². The van der Waals surface area contributed by atoms with Crippen molar-refractivity contribution in [2.24, 2.45) is 17.6 Å². The number of fused-ring (bicyclic) bond motifs is 3. The summed E-state index contributed by atoms with van der Waals surface area (Å²) < 4.78 is 27.8. The molecular weight excluding hydrogens is 580 g/mol. The number of unbranched alkanes of at least 4 members (excludes halogenated alkanes) is 1. The van der Waals surface area contributed by atoms with Gasteiger partial charge in [0.05, 0.1) is 39.3 Å². The van der Waals surface area contributed by atoms with E-state index in [1.54, 1.807) is 12.1 Å². The summed E-state index contributed by atoms with van der Waals surface area (Å²) in [4.78, 5) is 26.4. The molecule has 13 heteroatoms. The van der Waals surface area contributed by atoms with Crippen molar-refractivity contribution in [2.45, 2.75) is 31.2 Å². The highest BCUT2D eigenvalue weighted by Gasteiger charge is 2.53. The Morgan fingerprint density at radius 3 is 2.28 bits per heavy atom. The molecule has 0 aromatic heterocycles. The zero-order chi connectivity index (χ0) is 29.6. The fraction of sp³-hybridized carbons (Fsp3) is 0.533. The van der Waals surface area contributed by atoms with Crippen molar-refractivity contribution in [3.63, 3.8) is 0 Å². The minimum atomic E-state index is -0.597. The van der Waals surface area contributed by atoms with Gasteiger partial charge in [0, 0.05) is 11.8 Å². The smallest absolute Gasteiger partial charge is 0.310 e. The molecule has 1 aliphatic carbocycles. The van der Waals surface area contributed by atoms with Crippen LogP contribution in [0.3, 0.4) is 0 Å². The fourth-order valence-electron chi connectivity index (χ4n) is 6.13. The first-order chi connectivity index (χ1) is 20.5. The Bertz CT molecular complexity index is 1270. The molecular formula is C30H41ClN4O8. The Hall–Kier alpha value is -3.45. The second-order valence-electron chi connectivity index (χ2n) is 10.7. The first-order valence-electron chi connectivity index (χ1n) is 14.4. The van der Waals surface area contributed by atoms with Gasteiger partial charge in [-0.3, -0.25) is 9.59 Å². The number of hydrogen-bond donors (Lipinski definition) is 5. The van der Waals surface area contributed by atoms with Crippen LogP contribution in [0.5, 0.6) is 28.7 Å². The van der Waals surface area contributed by atoms with Gasteiger partial charge in [0.15, 0.2) is 23.0 Å². The molecule has 2 aromatic carbocycles. The van der Waals surface area contributed by atoms with Crippen LogP contribution in [0.1, 0.15) is 47.9 Å². The number of rotatable bonds is 14. The molecule has 6 N–H and O–H groups in total. The van der Waals surface area contributed by atoms with E-state index in [1.165, 1.54) is 14.2 Å². The molecule has 12 nitrogen and oxygen atoms in total. The van der Waals surface area contributed by atoms with E-state index in [-0.39, 0.29) is 67.4 Å². The Labute approximate surface area is 257 Å². The molecule has 0 saturated carbocycles. The number of benzene rings is 2. The number of nitrogens with two attached hydrogens (primary N) is 1. The van der Waals surface area contributed by atoms with Crippen molar-refractivity contribution < 1.29 is 38.4 Å². The summed E-state index contributed by atoms with van der Waals surface area (Å²) in [7, 11) is 2.91. The number of cyclic esters (lactones) is 1. The summed E-state index contributed by atoms with van der Waals surface area (Å²) in [6.07, 6.45) is 2.95. The van der Waals surface area contributed by atoms with E-state index in [4.69, 9.17) is 29.4 Å². The van der Waals surface area contributed by atoms with E-state index in [2.05, 4.69) is 16.0 Å². The molecule has 1 amide bonds. The molecule has 2 aliphatic heterocycles. The maximum Gasteiger partial charge on any atom is 0.310 e. The molecule has 236 valence electrons. The topological polar surface area (TPSA) is 163 Å². The lowest BCUT2D eigenvalue weighted by Crippen LogP contribution is -2.45. The van der Waals surface area contributed by atoms with E-state index in [9.17, 15) is 14.7 Å². The molecule has 0 radical (unpaired) electrons. The van der Waals surface area contributed by atoms with Crippen LogP contribution >= 0.6 is 12.4 Å². The van der Waals surface area contributed by atoms with Gasteiger partial charge >= 0.3 is 5.97 Å². The van der Waals surface area contributed by atoms with Crippen molar-refractivity contribution in [3.05, 3.63) is 41.0 Å². The van der Waals surface area contributed by atoms with Gasteiger partial charge in [0.2, 0.25) is 18.4 Å². The fourth-order valence-corrected chi connectivity index (χ4v) is 6.13. The number of halogens is 1. The third-order valence-electron chi connectivity index (χ3n) is 8.17. The average Bonchev–Trinajstić information content (AvgIpc) is 3.62. The Morgan fingerprint density at radius 1 is 0.953 bits per heavy atom. The van der Waals surface area contributed by atoms with Crippen LogP contribution in [0.4, 0.5) is 0 Å². The second-order valence-corrected chi connectivity index (χ2v) is 10.7. The number of nitrogens with one attached hydrogen (secondary N) is 3. The molecule has 43 heavy (non-hydrogen) atoms. The number of esters is 1. The van der Waals surface area contributed by atoms with Crippen LogP contribution < -0.4 is 40.6 Å². The van der Waals surface area contributed by atoms with Crippen molar-refractivity contribution in [3.8, 4) is 28.7 Å². The predicted molar refractivity (Wildman–Crippen MR) is 160 cm³/mol. The molecule has 4 atom stereocenters. The summed E-state index contributed by atoms with van der Waals surface area (Å²) in [6, 6.07) is 6.67. The zero-order valence-electron chi connectivity index (χ0n) is 24.5. The zero-order valence-corrected chi connectivity index (χ0v) is 25.3. The van der Waals surface area contributed by atoms with E-state index in [0.717, 1.165) is 43.5 Å². The highest BCUT2D eigenvalue weighted by Crippen LogP contribution is 2.55. The highest BCUT2D eigenvalue weighted by molar-refractivity contribution is 5.85. The highest BCUT2D eigenvalue weighted by atomic mass is 35.5. The lowest BCUT2D eigenvalue weighted by molar-refractivity contribution is -0.141. The quantitative estimate of drug-likeness (QED) is 0.155. The van der Waals surface area contributed by atoms with Crippen LogP contribution in [0.15, 0.2) is 24.3 Å². The maximum atomic E-state index is 13.3. The lowest BCUT2D eigenvalue weighted by Gasteiger charge is -2.39. The molecule has 0 bridgehead atoms. The van der Waals surface area contributed by atoms with E-state index >= 15 is 0 Å². The third kappa shape index (κ3) is 6.87. The lowest BCUT2D eigenvalue weighted by atomic mass is 9.65. The van der Waals surface area contributed by atoms with Gasteiger partial charge in [-0.05, 0) is 86.4 Å². The minimum Gasteiger partial charge on any atom is -0.502 e. The number of carbonyl (C=O) groups excluding carboxylic acids is 2. The summed E-state index contributed by atoms with van der Waals surface area (Å²) in [6.45, 7) is 3.58. The van der Waals surface area contributed by atoms with Gasteiger partial charge in [-0.25, -0.2) is 0 Å². The SMILES string of the molecule is COc1cc(C2c3cc4c(cc3C(NC(=O)CNCCCNCCCCN)C3COC(=O)C23)OCO4)cc(OC)c1O.Cl. The van der Waals surface area contributed by atoms with Crippen LogP contribution in [-0.4, -0.2) is 77.3 Å². The molecule has 5 rings (SSSR count). The van der Waals surface area contributed by atoms with Gasteiger partial charge in [0.1, 0.15) is 0 Å². The molecule has 3 aliphatic rings. The van der Waals surface area contributed by atoms with E-state index < -0.39 is 17.9 Å². The number of hydrogen-bond acceptors (Lipinski definition) is 11. The van der Waals surface area contributed by atoms with Crippen LogP contribution in [-0.2, 0) is 14.3 Å². The van der Waals surface area contributed by atoms with E-state index in [0.29, 0.717) is 30.2 Å². The summed E-state index contributed by atoms with van der Waals surface area (Å²) >= 11 is 0. The number of ether oxygens (including phenoxy) is 5. The first-order valence-corrected chi connectivity index (χ1v) is 14.4. The largest absolute Gasteiger partial charge is 0.502 e. The number of methoxy groups -OCH3 is 2. The number of amides is 1. The number of phenolic OH excluding ortho intramolecular Hbond substituents is 1. The van der Waals surface area contributed by atoms with Gasteiger partial charge in [-0.2, -0.15) is 0 Å². The Morgan fingerprint density at radius 2 is 1.60 bits per heavy atom. The predicted octanol–water partition coefficient (Wildman–Crippen LogP) is 1.96. The Balaban J connectivity index is 0.00000423. The normalized spacial score (nSPS) is 21.3. The van der Waals surface area contributed by atoms with Gasteiger partial charge < -0.3 is 50.5 Å². The van der Waals surface area contributed by atoms with Crippen molar-refractivity contribution in [1.82, 2.24) is 16.0 Å². The van der Waals surface area contributed by atoms with Gasteiger partial charge in [-0.15, -0.1) is 12.4 Å². The standard InChI is InChI=1S/C30H40N4O8.ClH/c1-38-23-10-17(11-24(39-2)29(23)36)26-18-12-21-22(42-16-41-21)13-19(18)28(20-15-40-30(37)27(20)26)34-25(35)14-33-9-5-8-32-7-4-3-6-31;/h10-13,20,26-28,32-33,36H,3-9,14-16,31H2,1-2H3,(H,34,35);1H. The summed E-state index contributed by atoms with van der Waals surface area (Å²) in [5.74, 6) is -0.470. The Kier molecular flexibility index (Phi) is 11.2. The second kappa shape index (κ2) is 14.8. The monoisotopic (exact) mass is 620 g/mol. The summed E-state index contributed by atoms with van der Waals surface area (Å²) in [5, 5.41) is 20.3. The van der Waals surface area contributed by atoms with E-state index in [1.807, 2.05) is 12.1 Å². The molecule has 0 spiro atoms. The van der Waals surface area contributed by atoms with Crippen LogP contribution in [0, 0.1) is 11.8 Å². The first kappa shape index (κ1) is 32.5. The maximum absolute atomic E-state index is 13.3. The number of aromatic hydroxyl groups is 1. The molecule has 4 unspecified atom stereocenters. The van der Waals surface area contributed by atoms with Gasteiger partial charge in [0.25, 0.3) is 0 Å². The molecule has 1 fully saturated rings.